The lowest BCUT2D eigenvalue weighted by Gasteiger charge is -2.07. The summed E-state index contributed by atoms with van der Waals surface area (Å²) in [7, 11) is 1.66. The van der Waals surface area contributed by atoms with Crippen molar-refractivity contribution in [3.8, 4) is 0 Å². The quantitative estimate of drug-likeness (QED) is 0.737. The lowest BCUT2D eigenvalue weighted by molar-refractivity contribution is 0.112. The Hall–Kier alpha value is -1.61. The van der Waals surface area contributed by atoms with Crippen LogP contribution in [0.5, 0.6) is 0 Å². The van der Waals surface area contributed by atoms with Crippen LogP contribution in [0.25, 0.3) is 10.9 Å². The minimum absolute atomic E-state index is 0.484. The first-order chi connectivity index (χ1) is 7.83. The first-order valence-electron chi connectivity index (χ1n) is 5.37. The maximum absolute atomic E-state index is 11.2. The molecule has 3 nitrogen and oxygen atoms in total. The lowest BCUT2D eigenvalue weighted by atomic mass is 10.1. The molecule has 0 aliphatic carbocycles. The van der Waals surface area contributed by atoms with Gasteiger partial charge in [-0.15, -0.1) is 0 Å². The zero-order valence-electron chi connectivity index (χ0n) is 9.56. The lowest BCUT2D eigenvalue weighted by Crippen LogP contribution is -2.04. The highest BCUT2D eigenvalue weighted by atomic mass is 16.5. The van der Waals surface area contributed by atoms with Gasteiger partial charge in [0.1, 0.15) is 6.73 Å². The van der Waals surface area contributed by atoms with Crippen molar-refractivity contribution < 1.29 is 9.53 Å². The molecule has 0 radical (unpaired) electrons. The maximum atomic E-state index is 11.2. The molecule has 0 saturated heterocycles. The van der Waals surface area contributed by atoms with Crippen LogP contribution in [0.3, 0.4) is 0 Å². The van der Waals surface area contributed by atoms with Gasteiger partial charge in [0, 0.05) is 23.8 Å². The van der Waals surface area contributed by atoms with Crippen molar-refractivity contribution in [3.05, 3.63) is 35.5 Å². The third kappa shape index (κ3) is 1.53. The van der Waals surface area contributed by atoms with Crippen molar-refractivity contribution in [1.29, 1.82) is 0 Å². The molecular weight excluding hydrogens is 202 g/mol. The van der Waals surface area contributed by atoms with E-state index in [1.807, 2.05) is 31.2 Å². The molecule has 0 spiro atoms. The number of nitrogens with zero attached hydrogens (tertiary/aromatic N) is 1. The fraction of sp³-hybridized carbons (Fsp3) is 0.308. The van der Waals surface area contributed by atoms with E-state index in [0.717, 1.165) is 34.9 Å². The van der Waals surface area contributed by atoms with E-state index in [4.69, 9.17) is 4.74 Å². The molecule has 0 bridgehead atoms. The van der Waals surface area contributed by atoms with Crippen LogP contribution in [0.4, 0.5) is 0 Å². The molecule has 3 heteroatoms. The number of fused-ring (bicyclic) bond motifs is 1. The average Bonchev–Trinajstić information content (AvgIpc) is 2.63. The molecule has 0 aliphatic rings. The van der Waals surface area contributed by atoms with Crippen molar-refractivity contribution in [2.24, 2.45) is 0 Å². The number of aromatic nitrogens is 1. The van der Waals surface area contributed by atoms with E-state index in [-0.39, 0.29) is 0 Å². The second-order valence-electron chi connectivity index (χ2n) is 3.69. The van der Waals surface area contributed by atoms with Crippen LogP contribution in [0.15, 0.2) is 24.3 Å². The van der Waals surface area contributed by atoms with Gasteiger partial charge in [0.15, 0.2) is 6.29 Å². The van der Waals surface area contributed by atoms with Gasteiger partial charge in [-0.3, -0.25) is 4.79 Å². The highest BCUT2D eigenvalue weighted by Crippen LogP contribution is 2.25. The molecule has 0 N–H and O–H groups in total. The largest absolute Gasteiger partial charge is 0.364 e. The minimum atomic E-state index is 0.484. The maximum Gasteiger partial charge on any atom is 0.152 e. The Kier molecular flexibility index (Phi) is 3.06. The molecule has 84 valence electrons. The summed E-state index contributed by atoms with van der Waals surface area (Å²) < 4.78 is 7.24. The SMILES string of the molecule is CCc1c(C=O)c2ccccc2n1COC. The average molecular weight is 217 g/mol. The van der Waals surface area contributed by atoms with E-state index >= 15 is 0 Å². The summed E-state index contributed by atoms with van der Waals surface area (Å²) in [6.45, 7) is 2.53. The summed E-state index contributed by atoms with van der Waals surface area (Å²) in [5.74, 6) is 0. The van der Waals surface area contributed by atoms with Gasteiger partial charge < -0.3 is 9.30 Å². The zero-order chi connectivity index (χ0) is 11.5. The summed E-state index contributed by atoms with van der Waals surface area (Å²) >= 11 is 0. The van der Waals surface area contributed by atoms with E-state index in [1.54, 1.807) is 7.11 Å². The van der Waals surface area contributed by atoms with Crippen molar-refractivity contribution in [3.63, 3.8) is 0 Å². The molecule has 0 fully saturated rings. The Balaban J connectivity index is 2.78. The summed E-state index contributed by atoms with van der Waals surface area (Å²) in [6.07, 6.45) is 1.76. The van der Waals surface area contributed by atoms with Crippen LogP contribution in [0.2, 0.25) is 0 Å². The molecule has 2 aromatic rings. The van der Waals surface area contributed by atoms with Crippen LogP contribution in [0.1, 0.15) is 23.0 Å². The van der Waals surface area contributed by atoms with Gasteiger partial charge in [-0.2, -0.15) is 0 Å². The first kappa shape index (κ1) is 10.9. The van der Waals surface area contributed by atoms with Gasteiger partial charge in [-0.05, 0) is 12.5 Å². The number of rotatable bonds is 4. The second kappa shape index (κ2) is 4.49. The van der Waals surface area contributed by atoms with Gasteiger partial charge in [0.2, 0.25) is 0 Å². The van der Waals surface area contributed by atoms with Crippen LogP contribution in [-0.4, -0.2) is 18.0 Å². The Morgan fingerprint density at radius 3 is 2.75 bits per heavy atom. The first-order valence-corrected chi connectivity index (χ1v) is 5.37. The molecule has 1 heterocycles. The topological polar surface area (TPSA) is 31.2 Å². The van der Waals surface area contributed by atoms with Gasteiger partial charge in [-0.1, -0.05) is 25.1 Å². The third-order valence-electron chi connectivity index (χ3n) is 2.83. The highest BCUT2D eigenvalue weighted by Gasteiger charge is 2.14. The molecule has 1 aromatic heterocycles. The molecule has 0 amide bonds. The summed E-state index contributed by atoms with van der Waals surface area (Å²) in [6, 6.07) is 7.92. The van der Waals surface area contributed by atoms with E-state index in [0.29, 0.717) is 6.73 Å². The molecule has 16 heavy (non-hydrogen) atoms. The molecule has 0 saturated carbocycles. The summed E-state index contributed by atoms with van der Waals surface area (Å²) in [4.78, 5) is 11.2. The van der Waals surface area contributed by atoms with Crippen LogP contribution in [-0.2, 0) is 17.9 Å². The molecular formula is C13H15NO2. The van der Waals surface area contributed by atoms with E-state index in [2.05, 4.69) is 4.57 Å². The second-order valence-corrected chi connectivity index (χ2v) is 3.69. The number of carbonyl (C=O) groups is 1. The van der Waals surface area contributed by atoms with Crippen molar-refractivity contribution >= 4 is 17.2 Å². The van der Waals surface area contributed by atoms with Crippen LogP contribution in [0, 0.1) is 0 Å². The van der Waals surface area contributed by atoms with Crippen molar-refractivity contribution in [2.45, 2.75) is 20.1 Å². The van der Waals surface area contributed by atoms with Crippen molar-refractivity contribution in [2.75, 3.05) is 7.11 Å². The number of hydrogen-bond donors (Lipinski definition) is 0. The normalized spacial score (nSPS) is 10.9. The monoisotopic (exact) mass is 217 g/mol. The number of benzene rings is 1. The standard InChI is InChI=1S/C13H15NO2/c1-3-12-11(8-15)10-6-4-5-7-13(10)14(12)9-16-2/h4-8H,3,9H2,1-2H3. The fourth-order valence-corrected chi connectivity index (χ4v) is 2.17. The van der Waals surface area contributed by atoms with E-state index in [1.165, 1.54) is 0 Å². The predicted octanol–water partition coefficient (Wildman–Crippen LogP) is 2.62. The number of hydrogen-bond acceptors (Lipinski definition) is 2. The Bertz CT molecular complexity index is 514. The van der Waals surface area contributed by atoms with Gasteiger partial charge in [-0.25, -0.2) is 0 Å². The van der Waals surface area contributed by atoms with Crippen LogP contribution >= 0.6 is 0 Å². The Morgan fingerprint density at radius 1 is 1.38 bits per heavy atom. The number of methoxy groups -OCH3 is 1. The van der Waals surface area contributed by atoms with Crippen molar-refractivity contribution in [1.82, 2.24) is 4.57 Å². The van der Waals surface area contributed by atoms with E-state index < -0.39 is 0 Å². The number of para-hydroxylation sites is 1. The van der Waals surface area contributed by atoms with Crippen LogP contribution < -0.4 is 0 Å². The molecule has 0 unspecified atom stereocenters. The Morgan fingerprint density at radius 2 is 2.12 bits per heavy atom. The highest BCUT2D eigenvalue weighted by molar-refractivity contribution is 5.99. The number of carbonyl (C=O) groups excluding carboxylic acids is 1. The molecule has 2 rings (SSSR count). The third-order valence-corrected chi connectivity index (χ3v) is 2.83. The summed E-state index contributed by atoms with van der Waals surface area (Å²) in [5.41, 5.74) is 2.89. The molecule has 0 atom stereocenters. The minimum Gasteiger partial charge on any atom is -0.364 e. The summed E-state index contributed by atoms with van der Waals surface area (Å²) in [5, 5.41) is 1.01. The van der Waals surface area contributed by atoms with E-state index in [9.17, 15) is 4.79 Å². The van der Waals surface area contributed by atoms with Gasteiger partial charge in [0.25, 0.3) is 0 Å². The number of aldehydes is 1. The molecule has 0 aliphatic heterocycles. The van der Waals surface area contributed by atoms with Gasteiger partial charge in [0.05, 0.1) is 5.52 Å². The zero-order valence-corrected chi connectivity index (χ0v) is 9.56. The smallest absolute Gasteiger partial charge is 0.152 e. The predicted molar refractivity (Wildman–Crippen MR) is 63.7 cm³/mol. The fourth-order valence-electron chi connectivity index (χ4n) is 2.17. The Labute approximate surface area is 94.6 Å². The van der Waals surface area contributed by atoms with Gasteiger partial charge >= 0.3 is 0 Å². The number of ether oxygens (including phenoxy) is 1. The molecule has 1 aromatic carbocycles.